The molecular formula is C28H33NO3S. The molecular weight excluding hydrogens is 430 g/mol. The highest BCUT2D eigenvalue weighted by molar-refractivity contribution is 7.99. The van der Waals surface area contributed by atoms with Gasteiger partial charge in [-0.2, -0.15) is 0 Å². The van der Waals surface area contributed by atoms with Crippen molar-refractivity contribution in [2.45, 2.75) is 69.9 Å². The zero-order valence-corrected chi connectivity index (χ0v) is 20.2. The number of oxazole rings is 1. The first kappa shape index (κ1) is 21.6. The molecule has 0 amide bonds. The van der Waals surface area contributed by atoms with Crippen molar-refractivity contribution in [3.8, 4) is 0 Å². The van der Waals surface area contributed by atoms with Crippen molar-refractivity contribution in [1.29, 1.82) is 0 Å². The lowest BCUT2D eigenvalue weighted by Crippen LogP contribution is -2.45. The lowest BCUT2D eigenvalue weighted by atomic mass is 9.55. The summed E-state index contributed by atoms with van der Waals surface area (Å²) in [6, 6.07) is 7.77. The number of fused-ring (bicyclic) bond motifs is 7. The Morgan fingerprint density at radius 2 is 2.00 bits per heavy atom. The van der Waals surface area contributed by atoms with Crippen molar-refractivity contribution >= 4 is 34.4 Å². The normalized spacial score (nSPS) is 36.0. The van der Waals surface area contributed by atoms with Gasteiger partial charge >= 0.3 is 0 Å². The Balaban J connectivity index is 1.17. The maximum absolute atomic E-state index is 13.4. The summed E-state index contributed by atoms with van der Waals surface area (Å²) >= 11 is 1.45. The van der Waals surface area contributed by atoms with E-state index < -0.39 is 0 Å². The number of allylic oxidation sites excluding steroid dienone is 2. The Hall–Kier alpha value is -1.88. The standard InChI is InChI=1S/C28H33NO3S/c1-28-13-12-20-18-7-8-19(30)15-17(14-18)6-9-21(20)22(28)10-11-23(28)25(31)16-33-27-29-24-4-2-3-5-26(24)32-27/h2-5,15,18,20-23H,6-14,16H2,1H3. The molecule has 174 valence electrons. The predicted molar refractivity (Wildman–Crippen MR) is 130 cm³/mol. The smallest absolute Gasteiger partial charge is 0.257 e. The molecule has 0 radical (unpaired) electrons. The minimum atomic E-state index is 0.124. The molecule has 4 aliphatic rings. The zero-order valence-electron chi connectivity index (χ0n) is 19.4. The fraction of sp³-hybridized carbons (Fsp3) is 0.607. The van der Waals surface area contributed by atoms with Gasteiger partial charge in [-0.15, -0.1) is 0 Å². The van der Waals surface area contributed by atoms with E-state index >= 15 is 0 Å². The first-order valence-electron chi connectivity index (χ1n) is 12.7. The van der Waals surface area contributed by atoms with Gasteiger partial charge in [0.15, 0.2) is 11.4 Å². The van der Waals surface area contributed by atoms with Gasteiger partial charge in [-0.1, -0.05) is 36.4 Å². The molecule has 6 atom stereocenters. The molecule has 33 heavy (non-hydrogen) atoms. The number of carbonyl (C=O) groups excluding carboxylic acids is 2. The van der Waals surface area contributed by atoms with Gasteiger partial charge in [0.25, 0.3) is 5.22 Å². The molecule has 0 saturated heterocycles. The van der Waals surface area contributed by atoms with E-state index in [1.807, 2.05) is 30.3 Å². The monoisotopic (exact) mass is 463 g/mol. The second-order valence-electron chi connectivity index (χ2n) is 11.1. The van der Waals surface area contributed by atoms with Crippen LogP contribution in [-0.4, -0.2) is 22.3 Å². The van der Waals surface area contributed by atoms with Gasteiger partial charge in [-0.25, -0.2) is 4.98 Å². The fourth-order valence-corrected chi connectivity index (χ4v) is 8.79. The van der Waals surface area contributed by atoms with Crippen LogP contribution in [0.1, 0.15) is 64.7 Å². The van der Waals surface area contributed by atoms with E-state index in [0.717, 1.165) is 61.5 Å². The molecule has 6 unspecified atom stereocenters. The van der Waals surface area contributed by atoms with E-state index in [4.69, 9.17) is 4.42 Å². The Labute approximate surface area is 200 Å². The number of hydrogen-bond acceptors (Lipinski definition) is 5. The average molecular weight is 464 g/mol. The summed E-state index contributed by atoms with van der Waals surface area (Å²) in [6.07, 6.45) is 11.8. The minimum absolute atomic E-state index is 0.124. The number of thioether (sulfide) groups is 1. The Bertz CT molecular complexity index is 1090. The lowest BCUT2D eigenvalue weighted by molar-refractivity contribution is -0.126. The molecule has 1 aromatic heterocycles. The molecule has 2 bridgehead atoms. The maximum atomic E-state index is 13.4. The summed E-state index contributed by atoms with van der Waals surface area (Å²) in [5, 5.41) is 0.600. The molecule has 5 heteroatoms. The summed E-state index contributed by atoms with van der Waals surface area (Å²) < 4.78 is 5.83. The van der Waals surface area contributed by atoms with Gasteiger partial charge < -0.3 is 4.42 Å². The topological polar surface area (TPSA) is 60.2 Å². The number of Topliss-reactive ketones (excluding diaryl/α,β-unsaturated/α-hetero) is 1. The number of aromatic nitrogens is 1. The largest absolute Gasteiger partial charge is 0.431 e. The molecule has 6 rings (SSSR count). The van der Waals surface area contributed by atoms with E-state index in [1.54, 1.807) is 0 Å². The molecule has 2 aromatic rings. The highest BCUT2D eigenvalue weighted by Crippen LogP contribution is 2.63. The van der Waals surface area contributed by atoms with Crippen molar-refractivity contribution in [3.05, 3.63) is 35.9 Å². The van der Waals surface area contributed by atoms with E-state index in [0.29, 0.717) is 34.4 Å². The van der Waals surface area contributed by atoms with Crippen LogP contribution < -0.4 is 0 Å². The second kappa shape index (κ2) is 8.41. The average Bonchev–Trinajstić information content (AvgIpc) is 3.27. The van der Waals surface area contributed by atoms with Crippen LogP contribution in [0.15, 0.2) is 45.6 Å². The van der Waals surface area contributed by atoms with Crippen LogP contribution in [0.3, 0.4) is 0 Å². The van der Waals surface area contributed by atoms with Gasteiger partial charge in [0.2, 0.25) is 0 Å². The molecule has 4 nitrogen and oxygen atoms in total. The van der Waals surface area contributed by atoms with Crippen molar-refractivity contribution in [2.75, 3.05) is 5.75 Å². The first-order valence-corrected chi connectivity index (χ1v) is 13.7. The number of nitrogens with zero attached hydrogens (tertiary/aromatic N) is 1. The predicted octanol–water partition coefficient (Wildman–Crippen LogP) is 6.64. The van der Waals surface area contributed by atoms with E-state index in [-0.39, 0.29) is 11.3 Å². The van der Waals surface area contributed by atoms with Crippen LogP contribution in [0.5, 0.6) is 0 Å². The summed E-state index contributed by atoms with van der Waals surface area (Å²) in [5.74, 6) is 4.11. The third kappa shape index (κ3) is 3.80. The van der Waals surface area contributed by atoms with Crippen LogP contribution in [0.4, 0.5) is 0 Å². The van der Waals surface area contributed by atoms with Crippen molar-refractivity contribution in [1.82, 2.24) is 4.98 Å². The molecule has 1 heterocycles. The SMILES string of the molecule is CC12CCC3C4CCC(=O)C=C(CCC3C1CCC2C(=O)CSc1nc2ccccc2o1)C4. The van der Waals surface area contributed by atoms with Crippen LogP contribution in [0, 0.1) is 35.0 Å². The van der Waals surface area contributed by atoms with Gasteiger partial charge in [-0.3, -0.25) is 9.59 Å². The van der Waals surface area contributed by atoms with Gasteiger partial charge in [0.1, 0.15) is 11.3 Å². The van der Waals surface area contributed by atoms with Crippen molar-refractivity contribution in [3.63, 3.8) is 0 Å². The summed E-state index contributed by atoms with van der Waals surface area (Å²) in [5.41, 5.74) is 3.16. The summed E-state index contributed by atoms with van der Waals surface area (Å²) in [7, 11) is 0. The van der Waals surface area contributed by atoms with Crippen molar-refractivity contribution < 1.29 is 14.0 Å². The van der Waals surface area contributed by atoms with Crippen LogP contribution in [-0.2, 0) is 9.59 Å². The number of benzene rings is 1. The molecule has 0 N–H and O–H groups in total. The molecule has 4 aliphatic carbocycles. The number of carbonyl (C=O) groups is 2. The van der Waals surface area contributed by atoms with E-state index in [2.05, 4.69) is 11.9 Å². The summed E-state index contributed by atoms with van der Waals surface area (Å²) in [6.45, 7) is 2.42. The molecule has 3 saturated carbocycles. The van der Waals surface area contributed by atoms with E-state index in [1.165, 1.54) is 36.6 Å². The number of para-hydroxylation sites is 2. The van der Waals surface area contributed by atoms with Gasteiger partial charge in [-0.05, 0) is 98.7 Å². The third-order valence-corrected chi connectivity index (χ3v) is 10.4. The quantitative estimate of drug-likeness (QED) is 0.476. The highest BCUT2D eigenvalue weighted by atomic mass is 32.2. The molecule has 0 aliphatic heterocycles. The Morgan fingerprint density at radius 3 is 2.88 bits per heavy atom. The maximum Gasteiger partial charge on any atom is 0.257 e. The van der Waals surface area contributed by atoms with Crippen LogP contribution in [0.2, 0.25) is 0 Å². The lowest BCUT2D eigenvalue weighted by Gasteiger charge is -2.50. The zero-order chi connectivity index (χ0) is 22.6. The summed E-state index contributed by atoms with van der Waals surface area (Å²) in [4.78, 5) is 30.1. The molecule has 0 spiro atoms. The number of ketones is 2. The Morgan fingerprint density at radius 1 is 1.12 bits per heavy atom. The second-order valence-corrected chi connectivity index (χ2v) is 12.0. The van der Waals surface area contributed by atoms with Crippen LogP contribution >= 0.6 is 11.8 Å². The minimum Gasteiger partial charge on any atom is -0.431 e. The highest BCUT2D eigenvalue weighted by Gasteiger charge is 2.56. The van der Waals surface area contributed by atoms with Crippen LogP contribution in [0.25, 0.3) is 11.1 Å². The van der Waals surface area contributed by atoms with E-state index in [9.17, 15) is 9.59 Å². The number of rotatable bonds is 4. The van der Waals surface area contributed by atoms with Gasteiger partial charge in [0, 0.05) is 12.3 Å². The fourth-order valence-electron chi connectivity index (χ4n) is 8.01. The number of hydrogen-bond donors (Lipinski definition) is 0. The molecule has 1 aromatic carbocycles. The molecule has 3 fully saturated rings. The Kier molecular flexibility index (Phi) is 5.51. The first-order chi connectivity index (χ1) is 16.0. The third-order valence-electron chi connectivity index (χ3n) is 9.55. The van der Waals surface area contributed by atoms with Gasteiger partial charge in [0.05, 0.1) is 5.75 Å². The van der Waals surface area contributed by atoms with Crippen molar-refractivity contribution in [2.24, 2.45) is 35.0 Å².